The largest absolute Gasteiger partial charge is 0.465 e. The number of furan rings is 1. The molecule has 1 aliphatic rings. The highest BCUT2D eigenvalue weighted by Gasteiger charge is 2.38. The van der Waals surface area contributed by atoms with Crippen molar-refractivity contribution in [2.45, 2.75) is 31.0 Å². The molecular formula is C16H16BrNO2. The van der Waals surface area contributed by atoms with Crippen LogP contribution in [0.2, 0.25) is 0 Å². The monoisotopic (exact) mass is 333 g/mol. The first kappa shape index (κ1) is 13.4. The lowest BCUT2D eigenvalue weighted by Crippen LogP contribution is -2.26. The van der Waals surface area contributed by atoms with Gasteiger partial charge in [0, 0.05) is 5.69 Å². The summed E-state index contributed by atoms with van der Waals surface area (Å²) in [6, 6.07) is 9.96. The number of halogens is 1. The molecule has 1 aliphatic heterocycles. The molecule has 0 bridgehead atoms. The molecule has 1 aromatic carbocycles. The van der Waals surface area contributed by atoms with Crippen molar-refractivity contribution in [1.29, 1.82) is 0 Å². The van der Waals surface area contributed by atoms with Gasteiger partial charge in [0.15, 0.2) is 0 Å². The zero-order valence-electron chi connectivity index (χ0n) is 11.7. The van der Waals surface area contributed by atoms with Gasteiger partial charge in [-0.15, -0.1) is 0 Å². The van der Waals surface area contributed by atoms with Gasteiger partial charge in [-0.25, -0.2) is 0 Å². The lowest BCUT2D eigenvalue weighted by Gasteiger charge is -2.17. The molecule has 1 amide bonds. The summed E-state index contributed by atoms with van der Waals surface area (Å²) in [5.74, 6) is 1.81. The zero-order valence-corrected chi connectivity index (χ0v) is 13.2. The SMILES string of the molecule is Cc1ccc(C(Br)c2ccc3c(c2)C(C)(C)C(=O)N3)o1. The summed E-state index contributed by atoms with van der Waals surface area (Å²) < 4.78 is 5.66. The standard InChI is InChI=1S/C16H16BrNO2/c1-9-4-7-13(20-9)14(17)10-5-6-12-11(8-10)16(2,3)15(19)18-12/h4-8,14H,1-3H3,(H,18,19). The third kappa shape index (κ3) is 1.99. The fraction of sp³-hybridized carbons (Fsp3) is 0.312. The quantitative estimate of drug-likeness (QED) is 0.832. The van der Waals surface area contributed by atoms with Gasteiger partial charge in [0.25, 0.3) is 0 Å². The van der Waals surface area contributed by atoms with Crippen molar-refractivity contribution >= 4 is 27.5 Å². The third-order valence-electron chi connectivity index (χ3n) is 3.84. The van der Waals surface area contributed by atoms with E-state index in [4.69, 9.17) is 4.42 Å². The van der Waals surface area contributed by atoms with Crippen molar-refractivity contribution in [3.8, 4) is 0 Å². The first-order valence-electron chi connectivity index (χ1n) is 6.56. The minimum Gasteiger partial charge on any atom is -0.465 e. The van der Waals surface area contributed by atoms with E-state index in [-0.39, 0.29) is 10.7 Å². The molecule has 0 saturated heterocycles. The van der Waals surface area contributed by atoms with Crippen LogP contribution in [0.4, 0.5) is 5.69 Å². The van der Waals surface area contributed by atoms with E-state index in [1.165, 1.54) is 0 Å². The van der Waals surface area contributed by atoms with Gasteiger partial charge in [0.05, 0.1) is 10.2 Å². The maximum Gasteiger partial charge on any atom is 0.234 e. The molecule has 3 rings (SSSR count). The molecule has 0 saturated carbocycles. The van der Waals surface area contributed by atoms with Crippen LogP contribution in [-0.2, 0) is 10.2 Å². The molecule has 1 N–H and O–H groups in total. The molecule has 1 atom stereocenters. The number of carbonyl (C=O) groups excluding carboxylic acids is 1. The van der Waals surface area contributed by atoms with E-state index < -0.39 is 5.41 Å². The zero-order chi connectivity index (χ0) is 14.5. The number of nitrogens with one attached hydrogen (secondary N) is 1. The molecule has 0 radical (unpaired) electrons. The number of rotatable bonds is 2. The Morgan fingerprint density at radius 1 is 1.25 bits per heavy atom. The Balaban J connectivity index is 2.02. The highest BCUT2D eigenvalue weighted by Crippen LogP contribution is 2.41. The predicted octanol–water partition coefficient (Wildman–Crippen LogP) is 4.30. The van der Waals surface area contributed by atoms with Gasteiger partial charge in [0.1, 0.15) is 11.5 Å². The molecule has 1 aromatic heterocycles. The fourth-order valence-electron chi connectivity index (χ4n) is 2.50. The third-order valence-corrected chi connectivity index (χ3v) is 4.82. The van der Waals surface area contributed by atoms with Crippen LogP contribution in [0, 0.1) is 6.92 Å². The number of benzene rings is 1. The van der Waals surface area contributed by atoms with Crippen LogP contribution in [0.15, 0.2) is 34.7 Å². The summed E-state index contributed by atoms with van der Waals surface area (Å²) >= 11 is 3.67. The van der Waals surface area contributed by atoms with Gasteiger partial charge in [0.2, 0.25) is 5.91 Å². The molecule has 4 heteroatoms. The van der Waals surface area contributed by atoms with Gasteiger partial charge < -0.3 is 9.73 Å². The molecule has 0 fully saturated rings. The molecule has 3 nitrogen and oxygen atoms in total. The number of anilines is 1. The van der Waals surface area contributed by atoms with Crippen LogP contribution in [0.5, 0.6) is 0 Å². The van der Waals surface area contributed by atoms with Crippen LogP contribution in [0.1, 0.15) is 41.3 Å². The van der Waals surface area contributed by atoms with Gasteiger partial charge in [-0.1, -0.05) is 28.1 Å². The summed E-state index contributed by atoms with van der Waals surface area (Å²) in [4.78, 5) is 12.0. The summed E-state index contributed by atoms with van der Waals surface area (Å²) in [6.45, 7) is 5.81. The fourth-order valence-corrected chi connectivity index (χ4v) is 3.03. The first-order valence-corrected chi connectivity index (χ1v) is 7.47. The van der Waals surface area contributed by atoms with Crippen molar-refractivity contribution in [3.63, 3.8) is 0 Å². The summed E-state index contributed by atoms with van der Waals surface area (Å²) in [6.07, 6.45) is 0. The number of carbonyl (C=O) groups is 1. The Labute approximate surface area is 126 Å². The smallest absolute Gasteiger partial charge is 0.234 e. The highest BCUT2D eigenvalue weighted by molar-refractivity contribution is 9.09. The Hall–Kier alpha value is -1.55. The maximum atomic E-state index is 12.0. The van der Waals surface area contributed by atoms with Gasteiger partial charge in [-0.2, -0.15) is 0 Å². The van der Waals surface area contributed by atoms with Gasteiger partial charge in [-0.3, -0.25) is 4.79 Å². The van der Waals surface area contributed by atoms with Crippen LogP contribution >= 0.6 is 15.9 Å². The van der Waals surface area contributed by atoms with Crippen molar-refractivity contribution in [1.82, 2.24) is 0 Å². The lowest BCUT2D eigenvalue weighted by atomic mass is 9.85. The van der Waals surface area contributed by atoms with E-state index in [9.17, 15) is 4.79 Å². The van der Waals surface area contributed by atoms with E-state index >= 15 is 0 Å². The molecular weight excluding hydrogens is 318 g/mol. The molecule has 0 aliphatic carbocycles. The van der Waals surface area contributed by atoms with Crippen LogP contribution < -0.4 is 5.32 Å². The maximum absolute atomic E-state index is 12.0. The van der Waals surface area contributed by atoms with E-state index in [1.54, 1.807) is 0 Å². The van der Waals surface area contributed by atoms with E-state index in [1.807, 2.05) is 45.0 Å². The Bertz CT molecular complexity index is 688. The topological polar surface area (TPSA) is 42.2 Å². The number of hydrogen-bond acceptors (Lipinski definition) is 2. The molecule has 2 aromatic rings. The van der Waals surface area contributed by atoms with E-state index in [0.717, 1.165) is 28.3 Å². The second-order valence-corrected chi connectivity index (χ2v) is 6.61. The number of fused-ring (bicyclic) bond motifs is 1. The van der Waals surface area contributed by atoms with Crippen molar-refractivity contribution in [3.05, 3.63) is 53.0 Å². The Kier molecular flexibility index (Phi) is 3.01. The number of hydrogen-bond donors (Lipinski definition) is 1. The second-order valence-electron chi connectivity index (χ2n) is 5.70. The summed E-state index contributed by atoms with van der Waals surface area (Å²) in [5.41, 5.74) is 2.53. The summed E-state index contributed by atoms with van der Waals surface area (Å²) in [7, 11) is 0. The van der Waals surface area contributed by atoms with E-state index in [2.05, 4.69) is 27.3 Å². The average molecular weight is 334 g/mol. The van der Waals surface area contributed by atoms with Crippen LogP contribution in [0.25, 0.3) is 0 Å². The number of aryl methyl sites for hydroxylation is 1. The minimum atomic E-state index is -0.489. The second kappa shape index (κ2) is 4.48. The van der Waals surface area contributed by atoms with Crippen molar-refractivity contribution < 1.29 is 9.21 Å². The Morgan fingerprint density at radius 2 is 2.00 bits per heavy atom. The predicted molar refractivity (Wildman–Crippen MR) is 82.3 cm³/mol. The van der Waals surface area contributed by atoms with Crippen molar-refractivity contribution in [2.75, 3.05) is 5.32 Å². The minimum absolute atomic E-state index is 0.00648. The van der Waals surface area contributed by atoms with Gasteiger partial charge >= 0.3 is 0 Å². The highest BCUT2D eigenvalue weighted by atomic mass is 79.9. The van der Waals surface area contributed by atoms with Crippen LogP contribution in [0.3, 0.4) is 0 Å². The molecule has 104 valence electrons. The molecule has 20 heavy (non-hydrogen) atoms. The first-order chi connectivity index (χ1) is 9.39. The van der Waals surface area contributed by atoms with Crippen molar-refractivity contribution in [2.24, 2.45) is 0 Å². The van der Waals surface area contributed by atoms with Gasteiger partial charge in [-0.05, 0) is 50.1 Å². The van der Waals surface area contributed by atoms with Crippen LogP contribution in [-0.4, -0.2) is 5.91 Å². The molecule has 2 heterocycles. The summed E-state index contributed by atoms with van der Waals surface area (Å²) in [5, 5.41) is 2.92. The molecule has 1 unspecified atom stereocenters. The molecule has 0 spiro atoms. The lowest BCUT2D eigenvalue weighted by molar-refractivity contribution is -0.119. The Morgan fingerprint density at radius 3 is 2.65 bits per heavy atom. The number of amides is 1. The van der Waals surface area contributed by atoms with E-state index in [0.29, 0.717) is 0 Å². The normalized spacial score (nSPS) is 17.7. The average Bonchev–Trinajstić information content (AvgIpc) is 2.92. The number of alkyl halides is 1.